The van der Waals surface area contributed by atoms with Crippen LogP contribution >= 0.6 is 11.6 Å². The third-order valence-corrected chi connectivity index (χ3v) is 6.79. The van der Waals surface area contributed by atoms with Gasteiger partial charge in [0.05, 0.1) is 17.1 Å². The number of hydrogen-bond acceptors (Lipinski definition) is 5. The topological polar surface area (TPSA) is 83.2 Å². The molecule has 0 aliphatic carbocycles. The van der Waals surface area contributed by atoms with Crippen LogP contribution in [-0.2, 0) is 19.5 Å². The normalized spacial score (nSPS) is 13.8. The molecule has 0 saturated carbocycles. The van der Waals surface area contributed by atoms with Gasteiger partial charge in [-0.3, -0.25) is 9.47 Å². The summed E-state index contributed by atoms with van der Waals surface area (Å²) in [5.41, 5.74) is 4.33. The number of rotatable bonds is 6. The van der Waals surface area contributed by atoms with Crippen molar-refractivity contribution in [2.24, 2.45) is 0 Å². The molecule has 2 aromatic heterocycles. The first kappa shape index (κ1) is 27.2. The molecular weight excluding hydrogens is 543 g/mol. The van der Waals surface area contributed by atoms with E-state index in [-0.39, 0.29) is 12.3 Å². The van der Waals surface area contributed by atoms with Crippen LogP contribution in [0.5, 0.6) is 5.75 Å². The van der Waals surface area contributed by atoms with Crippen molar-refractivity contribution in [2.45, 2.75) is 25.9 Å². The van der Waals surface area contributed by atoms with E-state index in [1.165, 1.54) is 22.8 Å². The van der Waals surface area contributed by atoms with Crippen molar-refractivity contribution < 1.29 is 22.7 Å². The summed E-state index contributed by atoms with van der Waals surface area (Å²) in [6, 6.07) is 16.3. The number of alkyl halides is 3. The molecule has 0 radical (unpaired) electrons. The fourth-order valence-electron chi connectivity index (χ4n) is 4.79. The molecule has 0 spiro atoms. The van der Waals surface area contributed by atoms with Crippen LogP contribution in [0, 0.1) is 11.3 Å². The maximum atomic E-state index is 13.4. The largest absolute Gasteiger partial charge is 0.573 e. The Morgan fingerprint density at radius 2 is 1.98 bits per heavy atom. The summed E-state index contributed by atoms with van der Waals surface area (Å²) < 4.78 is 44.6. The molecule has 3 heterocycles. The van der Waals surface area contributed by atoms with E-state index in [2.05, 4.69) is 26.0 Å². The fourth-order valence-corrected chi connectivity index (χ4v) is 4.99. The highest BCUT2D eigenvalue weighted by Crippen LogP contribution is 2.35. The molecule has 7 nitrogen and oxygen atoms in total. The third-order valence-electron chi connectivity index (χ3n) is 6.58. The number of nitriles is 1. The average molecular weight is 566 g/mol. The molecule has 1 amide bonds. The summed E-state index contributed by atoms with van der Waals surface area (Å²) in [5.74, 6) is -0.343. The van der Waals surface area contributed by atoms with Gasteiger partial charge in [0.25, 0.3) is 0 Å². The first-order valence-electron chi connectivity index (χ1n) is 12.4. The predicted molar refractivity (Wildman–Crippen MR) is 145 cm³/mol. The van der Waals surface area contributed by atoms with Gasteiger partial charge in [0.2, 0.25) is 0 Å². The Hall–Kier alpha value is -4.33. The molecule has 1 N–H and O–H groups in total. The molecule has 0 atom stereocenters. The fraction of sp³-hybridized carbons (Fsp3) is 0.207. The van der Waals surface area contributed by atoms with Crippen molar-refractivity contribution in [1.82, 2.24) is 19.8 Å². The SMILES string of the molecule is N#Cc1ccc(C=CCN2CCc3c(c4cc(OC(F)(F)F)ccc4n3C(=O)NCc3ccnc(Cl)c3)C2)cc1. The predicted octanol–water partition coefficient (Wildman–Crippen LogP) is 6.29. The lowest BCUT2D eigenvalue weighted by Gasteiger charge is -2.27. The Morgan fingerprint density at radius 1 is 1.18 bits per heavy atom. The van der Waals surface area contributed by atoms with E-state index >= 15 is 0 Å². The smallest absolute Gasteiger partial charge is 0.406 e. The number of benzene rings is 2. The molecule has 0 saturated heterocycles. The molecule has 4 aromatic rings. The lowest BCUT2D eigenvalue weighted by molar-refractivity contribution is -0.274. The number of hydrogen-bond donors (Lipinski definition) is 1. The summed E-state index contributed by atoms with van der Waals surface area (Å²) in [6.45, 7) is 1.90. The van der Waals surface area contributed by atoms with Crippen LogP contribution in [0.3, 0.4) is 0 Å². The van der Waals surface area contributed by atoms with E-state index in [1.54, 1.807) is 30.5 Å². The van der Waals surface area contributed by atoms with Crippen molar-refractivity contribution >= 4 is 34.6 Å². The van der Waals surface area contributed by atoms with Crippen molar-refractivity contribution in [3.63, 3.8) is 0 Å². The van der Waals surface area contributed by atoms with Crippen molar-refractivity contribution in [2.75, 3.05) is 13.1 Å². The molecule has 1 aliphatic heterocycles. The number of nitrogens with one attached hydrogen (secondary N) is 1. The number of amides is 1. The van der Waals surface area contributed by atoms with Gasteiger partial charge in [-0.05, 0) is 59.2 Å². The van der Waals surface area contributed by atoms with E-state index in [0.29, 0.717) is 47.7 Å². The molecule has 40 heavy (non-hydrogen) atoms. The van der Waals surface area contributed by atoms with Crippen LogP contribution in [0.2, 0.25) is 5.15 Å². The first-order chi connectivity index (χ1) is 19.2. The van der Waals surface area contributed by atoms with E-state index in [1.807, 2.05) is 24.3 Å². The molecule has 0 fully saturated rings. The Morgan fingerprint density at radius 3 is 2.70 bits per heavy atom. The number of carbonyl (C=O) groups is 1. The van der Waals surface area contributed by atoms with Crippen LogP contribution in [0.1, 0.15) is 27.9 Å². The van der Waals surface area contributed by atoms with Crippen molar-refractivity contribution in [1.29, 1.82) is 5.26 Å². The Kier molecular flexibility index (Phi) is 7.78. The third kappa shape index (κ3) is 6.28. The van der Waals surface area contributed by atoms with Crippen molar-refractivity contribution in [3.05, 3.63) is 100.0 Å². The van der Waals surface area contributed by atoms with Gasteiger partial charge in [-0.2, -0.15) is 5.26 Å². The molecule has 1 aliphatic rings. The van der Waals surface area contributed by atoms with Gasteiger partial charge in [-0.1, -0.05) is 35.9 Å². The summed E-state index contributed by atoms with van der Waals surface area (Å²) in [5, 5.41) is 12.7. The zero-order valence-corrected chi connectivity index (χ0v) is 21.8. The zero-order valence-electron chi connectivity index (χ0n) is 21.1. The number of halogens is 4. The van der Waals surface area contributed by atoms with Gasteiger partial charge >= 0.3 is 12.4 Å². The zero-order chi connectivity index (χ0) is 28.3. The highest BCUT2D eigenvalue weighted by molar-refractivity contribution is 6.29. The molecule has 204 valence electrons. The van der Waals surface area contributed by atoms with Crippen LogP contribution in [0.4, 0.5) is 18.0 Å². The highest BCUT2D eigenvalue weighted by atomic mass is 35.5. The van der Waals surface area contributed by atoms with Gasteiger partial charge in [-0.25, -0.2) is 9.78 Å². The number of aromatic nitrogens is 2. The maximum Gasteiger partial charge on any atom is 0.573 e. The molecule has 5 rings (SSSR count). The van der Waals surface area contributed by atoms with Crippen molar-refractivity contribution in [3.8, 4) is 11.8 Å². The Bertz CT molecular complexity index is 1620. The average Bonchev–Trinajstić information content (AvgIpc) is 3.24. The van der Waals surface area contributed by atoms with Crippen LogP contribution in [0.25, 0.3) is 17.0 Å². The standard InChI is InChI=1S/C29H23ClF3N5O2/c30-27-14-21(9-11-35-27)17-36-28(39)38-25-8-7-22(40-29(31,32)33)15-23(25)24-18-37(13-10-26(24)38)12-1-2-19-3-5-20(16-34)6-4-19/h1-9,11,14-15H,10,12-13,17-18H2,(H,36,39). The molecular formula is C29H23ClF3N5O2. The number of pyridine rings is 1. The lowest BCUT2D eigenvalue weighted by Crippen LogP contribution is -2.34. The van der Waals surface area contributed by atoms with E-state index < -0.39 is 12.4 Å². The molecule has 0 bridgehead atoms. The summed E-state index contributed by atoms with van der Waals surface area (Å²) in [4.78, 5) is 19.5. The number of fused-ring (bicyclic) bond motifs is 3. The Balaban J connectivity index is 1.41. The van der Waals surface area contributed by atoms with Gasteiger partial charge in [-0.15, -0.1) is 13.2 Å². The van der Waals surface area contributed by atoms with Gasteiger partial charge in [0.1, 0.15) is 10.9 Å². The van der Waals surface area contributed by atoms with Crippen LogP contribution < -0.4 is 10.1 Å². The van der Waals surface area contributed by atoms with Gasteiger partial charge in [0.15, 0.2) is 0 Å². The summed E-state index contributed by atoms with van der Waals surface area (Å²) in [7, 11) is 0. The van der Waals surface area contributed by atoms with E-state index in [4.69, 9.17) is 16.9 Å². The van der Waals surface area contributed by atoms with E-state index in [0.717, 1.165) is 22.4 Å². The van der Waals surface area contributed by atoms with E-state index in [9.17, 15) is 18.0 Å². The lowest BCUT2D eigenvalue weighted by atomic mass is 10.0. The second-order valence-electron chi connectivity index (χ2n) is 9.25. The highest BCUT2D eigenvalue weighted by Gasteiger charge is 2.32. The maximum absolute atomic E-state index is 13.4. The molecule has 0 unspecified atom stereocenters. The number of carbonyl (C=O) groups excluding carboxylic acids is 1. The van der Waals surface area contributed by atoms with Crippen LogP contribution in [-0.4, -0.2) is 39.9 Å². The minimum Gasteiger partial charge on any atom is -0.406 e. The minimum absolute atomic E-state index is 0.205. The monoisotopic (exact) mass is 565 g/mol. The second-order valence-corrected chi connectivity index (χ2v) is 9.64. The minimum atomic E-state index is -4.83. The Labute approximate surface area is 233 Å². The van der Waals surface area contributed by atoms with Gasteiger partial charge in [0, 0.05) is 49.9 Å². The second kappa shape index (κ2) is 11.4. The number of ether oxygens (including phenoxy) is 1. The molecule has 2 aromatic carbocycles. The quantitative estimate of drug-likeness (QED) is 0.278. The summed E-state index contributed by atoms with van der Waals surface area (Å²) in [6.07, 6.45) is 1.19. The number of nitrogens with zero attached hydrogens (tertiary/aromatic N) is 4. The first-order valence-corrected chi connectivity index (χ1v) is 12.8. The van der Waals surface area contributed by atoms with Gasteiger partial charge < -0.3 is 10.1 Å². The molecule has 11 heteroatoms. The summed E-state index contributed by atoms with van der Waals surface area (Å²) >= 11 is 5.95. The van der Waals surface area contributed by atoms with Crippen LogP contribution in [0.15, 0.2) is 66.9 Å².